The van der Waals surface area contributed by atoms with Crippen molar-refractivity contribution in [3.63, 3.8) is 0 Å². The monoisotopic (exact) mass is 268 g/mol. The van der Waals surface area contributed by atoms with Crippen molar-refractivity contribution >= 4 is 28.7 Å². The third-order valence-electron chi connectivity index (χ3n) is 2.79. The van der Waals surface area contributed by atoms with Crippen LogP contribution in [0.2, 0.25) is 0 Å². The molecule has 3 aromatic rings. The second kappa shape index (κ2) is 4.98. The zero-order valence-corrected chi connectivity index (χ0v) is 10.4. The minimum Gasteiger partial charge on any atom is -0.324 e. The maximum Gasteiger partial charge on any atom is 0.259 e. The summed E-state index contributed by atoms with van der Waals surface area (Å²) < 4.78 is 0. The van der Waals surface area contributed by atoms with Crippen molar-refractivity contribution in [2.24, 2.45) is 5.84 Å². The van der Waals surface area contributed by atoms with Gasteiger partial charge >= 0.3 is 0 Å². The van der Waals surface area contributed by atoms with Crippen molar-refractivity contribution in [1.29, 1.82) is 0 Å². The molecule has 5 N–H and O–H groups in total. The van der Waals surface area contributed by atoms with E-state index in [1.165, 1.54) is 6.20 Å². The number of H-pyrrole nitrogens is 1. The molecule has 0 fully saturated rings. The highest BCUT2D eigenvalue weighted by atomic mass is 16.1. The number of aromatic nitrogens is 3. The molecule has 0 saturated carbocycles. The number of aromatic amines is 1. The molecule has 1 amide bonds. The number of benzene rings is 1. The van der Waals surface area contributed by atoms with E-state index in [-0.39, 0.29) is 5.91 Å². The van der Waals surface area contributed by atoms with Crippen LogP contribution < -0.4 is 16.6 Å². The van der Waals surface area contributed by atoms with Crippen LogP contribution in [0.25, 0.3) is 11.0 Å². The Morgan fingerprint density at radius 2 is 2.05 bits per heavy atom. The number of nitrogens with zero attached hydrogens (tertiary/aromatic N) is 2. The van der Waals surface area contributed by atoms with Gasteiger partial charge in [-0.05, 0) is 24.3 Å². The van der Waals surface area contributed by atoms with Crippen LogP contribution in [0.3, 0.4) is 0 Å². The highest BCUT2D eigenvalue weighted by Gasteiger charge is 2.09. The smallest absolute Gasteiger partial charge is 0.259 e. The summed E-state index contributed by atoms with van der Waals surface area (Å²) in [5, 5.41) is 2.69. The van der Waals surface area contributed by atoms with Gasteiger partial charge in [-0.1, -0.05) is 12.1 Å². The Morgan fingerprint density at radius 3 is 2.75 bits per heavy atom. The highest BCUT2D eigenvalue weighted by molar-refractivity contribution is 6.03. The molecule has 2 heterocycles. The fraction of sp³-hybridized carbons (Fsp3) is 0. The molecule has 1 aromatic carbocycles. The number of hydrazine groups is 1. The normalized spacial score (nSPS) is 10.4. The number of carbonyl (C=O) groups is 1. The fourth-order valence-electron chi connectivity index (χ4n) is 1.81. The molecular weight excluding hydrogens is 256 g/mol. The summed E-state index contributed by atoms with van der Waals surface area (Å²) in [6.07, 6.45) is 1.44. The summed E-state index contributed by atoms with van der Waals surface area (Å²) in [7, 11) is 0. The average molecular weight is 268 g/mol. The van der Waals surface area contributed by atoms with Crippen molar-refractivity contribution in [3.8, 4) is 0 Å². The van der Waals surface area contributed by atoms with Crippen molar-refractivity contribution in [1.82, 2.24) is 15.0 Å². The number of nitrogen functional groups attached to an aromatic ring is 1. The molecule has 2 aromatic heterocycles. The van der Waals surface area contributed by atoms with Gasteiger partial charge in [0.25, 0.3) is 5.91 Å². The molecule has 0 atom stereocenters. The van der Waals surface area contributed by atoms with Crippen molar-refractivity contribution < 1.29 is 4.79 Å². The molecule has 0 unspecified atom stereocenters. The lowest BCUT2D eigenvalue weighted by atomic mass is 10.2. The molecule has 0 bridgehead atoms. The Labute approximate surface area is 114 Å². The summed E-state index contributed by atoms with van der Waals surface area (Å²) >= 11 is 0. The quantitative estimate of drug-likeness (QED) is 0.425. The molecule has 0 saturated heterocycles. The van der Waals surface area contributed by atoms with E-state index >= 15 is 0 Å². The van der Waals surface area contributed by atoms with E-state index in [9.17, 15) is 4.79 Å². The number of nitrogens with two attached hydrogens (primary N) is 1. The summed E-state index contributed by atoms with van der Waals surface area (Å²) in [5.74, 6) is 5.81. The number of anilines is 2. The molecule has 7 heteroatoms. The van der Waals surface area contributed by atoms with E-state index in [0.29, 0.717) is 17.3 Å². The van der Waals surface area contributed by atoms with Gasteiger partial charge in [0, 0.05) is 6.20 Å². The lowest BCUT2D eigenvalue weighted by molar-refractivity contribution is 0.102. The van der Waals surface area contributed by atoms with Gasteiger partial charge in [0.15, 0.2) is 0 Å². The summed E-state index contributed by atoms with van der Waals surface area (Å²) in [6.45, 7) is 0. The number of fused-ring (bicyclic) bond motifs is 1. The van der Waals surface area contributed by atoms with Crippen molar-refractivity contribution in [3.05, 3.63) is 48.2 Å². The Morgan fingerprint density at radius 1 is 1.20 bits per heavy atom. The van der Waals surface area contributed by atoms with Crippen molar-refractivity contribution in [2.75, 3.05) is 10.7 Å². The molecule has 0 radical (unpaired) electrons. The molecule has 0 aliphatic heterocycles. The maximum absolute atomic E-state index is 12.0. The number of amides is 1. The lowest BCUT2D eigenvalue weighted by Gasteiger charge is -2.02. The lowest BCUT2D eigenvalue weighted by Crippen LogP contribution is -2.14. The second-order valence-corrected chi connectivity index (χ2v) is 4.13. The first kappa shape index (κ1) is 12.1. The van der Waals surface area contributed by atoms with E-state index in [2.05, 4.69) is 25.7 Å². The summed E-state index contributed by atoms with van der Waals surface area (Å²) in [6, 6.07) is 10.8. The number of carbonyl (C=O) groups excluding carboxylic acids is 1. The van der Waals surface area contributed by atoms with Crippen molar-refractivity contribution in [2.45, 2.75) is 0 Å². The van der Waals surface area contributed by atoms with Gasteiger partial charge in [0.1, 0.15) is 5.82 Å². The third-order valence-corrected chi connectivity index (χ3v) is 2.79. The molecule has 0 aliphatic rings. The van der Waals surface area contributed by atoms with Gasteiger partial charge in [-0.15, -0.1) is 0 Å². The summed E-state index contributed by atoms with van der Waals surface area (Å²) in [5.41, 5.74) is 4.48. The topological polar surface area (TPSA) is 109 Å². The Bertz CT molecular complexity index is 716. The predicted molar refractivity (Wildman–Crippen MR) is 76.1 cm³/mol. The van der Waals surface area contributed by atoms with E-state index < -0.39 is 0 Å². The number of hydrogen-bond donors (Lipinski definition) is 4. The minimum atomic E-state index is -0.292. The third kappa shape index (κ3) is 2.29. The van der Waals surface area contributed by atoms with Crippen LogP contribution in [0.5, 0.6) is 0 Å². The largest absolute Gasteiger partial charge is 0.324 e. The van der Waals surface area contributed by atoms with Crippen LogP contribution in [0, 0.1) is 0 Å². The van der Waals surface area contributed by atoms with Gasteiger partial charge in [0.2, 0.25) is 5.95 Å². The molecule has 0 spiro atoms. The number of imidazole rings is 1. The van der Waals surface area contributed by atoms with Gasteiger partial charge in [-0.25, -0.2) is 15.8 Å². The summed E-state index contributed by atoms with van der Waals surface area (Å²) in [4.78, 5) is 23.3. The number of rotatable bonds is 3. The highest BCUT2D eigenvalue weighted by Crippen LogP contribution is 2.14. The molecule has 7 nitrogen and oxygen atoms in total. The zero-order chi connectivity index (χ0) is 13.9. The Kier molecular flexibility index (Phi) is 3.02. The number of hydrogen-bond acceptors (Lipinski definition) is 5. The SMILES string of the molecule is NNc1ccc(C(=O)Nc2nc3ccccc3[nH]2)cn1. The fourth-order valence-corrected chi connectivity index (χ4v) is 1.81. The van der Waals surface area contributed by atoms with Crippen LogP contribution in [-0.2, 0) is 0 Å². The molecule has 3 rings (SSSR count). The predicted octanol–water partition coefficient (Wildman–Crippen LogP) is 1.50. The molecule has 0 aliphatic carbocycles. The Balaban J connectivity index is 1.80. The first-order valence-electron chi connectivity index (χ1n) is 5.95. The van der Waals surface area contributed by atoms with E-state index in [0.717, 1.165) is 11.0 Å². The first-order chi connectivity index (χ1) is 9.76. The van der Waals surface area contributed by atoms with Gasteiger partial charge in [-0.2, -0.15) is 0 Å². The van der Waals surface area contributed by atoms with Gasteiger partial charge < -0.3 is 10.4 Å². The average Bonchev–Trinajstić information content (AvgIpc) is 2.89. The van der Waals surface area contributed by atoms with Crippen LogP contribution in [0.4, 0.5) is 11.8 Å². The van der Waals surface area contributed by atoms with Crippen LogP contribution in [0.15, 0.2) is 42.6 Å². The molecule has 20 heavy (non-hydrogen) atoms. The van der Waals surface area contributed by atoms with Gasteiger partial charge in [-0.3, -0.25) is 10.1 Å². The van der Waals surface area contributed by atoms with E-state index in [1.54, 1.807) is 12.1 Å². The number of nitrogens with one attached hydrogen (secondary N) is 3. The maximum atomic E-state index is 12.0. The van der Waals surface area contributed by atoms with Gasteiger partial charge in [0.05, 0.1) is 16.6 Å². The molecular formula is C13H12N6O. The standard InChI is InChI=1S/C13H12N6O/c14-19-11-6-5-8(7-15-11)12(20)18-13-16-9-3-1-2-4-10(9)17-13/h1-7H,14H2,(H,15,19)(H2,16,17,18,20). The zero-order valence-electron chi connectivity index (χ0n) is 10.4. The number of pyridine rings is 1. The Hall–Kier alpha value is -2.93. The van der Waals surface area contributed by atoms with Crippen LogP contribution >= 0.6 is 0 Å². The van der Waals surface area contributed by atoms with E-state index in [4.69, 9.17) is 5.84 Å². The van der Waals surface area contributed by atoms with Crippen LogP contribution in [-0.4, -0.2) is 20.9 Å². The van der Waals surface area contributed by atoms with Crippen LogP contribution in [0.1, 0.15) is 10.4 Å². The number of para-hydroxylation sites is 2. The minimum absolute atomic E-state index is 0.292. The second-order valence-electron chi connectivity index (χ2n) is 4.13. The first-order valence-corrected chi connectivity index (χ1v) is 5.95. The molecule has 100 valence electrons. The van der Waals surface area contributed by atoms with E-state index in [1.807, 2.05) is 24.3 Å².